The van der Waals surface area contributed by atoms with Gasteiger partial charge in [-0.15, -0.1) is 0 Å². The van der Waals surface area contributed by atoms with Gasteiger partial charge in [0.15, 0.2) is 0 Å². The zero-order chi connectivity index (χ0) is 13.0. The lowest BCUT2D eigenvalue weighted by Crippen LogP contribution is -2.42. The van der Waals surface area contributed by atoms with E-state index in [2.05, 4.69) is 23.4 Å². The first-order valence-corrected chi connectivity index (χ1v) is 8.61. The number of nitrogens with one attached hydrogen (secondary N) is 1. The summed E-state index contributed by atoms with van der Waals surface area (Å²) in [5.41, 5.74) is 0. The van der Waals surface area contributed by atoms with Crippen LogP contribution in [0.3, 0.4) is 0 Å². The highest BCUT2D eigenvalue weighted by atomic mass is 32.2. The molecule has 0 spiro atoms. The normalized spacial score (nSPS) is 33.1. The van der Waals surface area contributed by atoms with Crippen LogP contribution in [0.15, 0.2) is 0 Å². The van der Waals surface area contributed by atoms with E-state index in [1.807, 2.05) is 11.8 Å². The van der Waals surface area contributed by atoms with Crippen LogP contribution in [-0.4, -0.2) is 41.1 Å². The molecule has 1 saturated carbocycles. The summed E-state index contributed by atoms with van der Waals surface area (Å²) in [4.78, 5) is 14.5. The Hall–Kier alpha value is -0.220. The van der Waals surface area contributed by atoms with Crippen LogP contribution in [0.2, 0.25) is 0 Å². The molecule has 2 fully saturated rings. The lowest BCUT2D eigenvalue weighted by Gasteiger charge is -2.34. The maximum atomic E-state index is 12.4. The Morgan fingerprint density at radius 1 is 1.44 bits per heavy atom. The minimum absolute atomic E-state index is 0.0969. The van der Waals surface area contributed by atoms with Crippen LogP contribution < -0.4 is 5.32 Å². The monoisotopic (exact) mass is 270 g/mol. The molecule has 2 rings (SSSR count). The smallest absolute Gasteiger partial charge is 0.241 e. The van der Waals surface area contributed by atoms with Gasteiger partial charge in [-0.05, 0) is 31.9 Å². The minimum atomic E-state index is 0.0969. The fraction of sp³-hybridized carbons (Fsp3) is 0.929. The van der Waals surface area contributed by atoms with Crippen LogP contribution in [0.1, 0.15) is 51.9 Å². The standard InChI is InChI=1S/C14H26N2OS/c1-3-4-8-13-14(17)16(10-15-13)11-6-5-7-12(9-11)18-2/h11-13,15H,3-10H2,1-2H3. The fourth-order valence-corrected chi connectivity index (χ4v) is 3.95. The molecule has 1 saturated heterocycles. The van der Waals surface area contributed by atoms with Crippen LogP contribution in [0.4, 0.5) is 0 Å². The molecule has 1 aliphatic carbocycles. The van der Waals surface area contributed by atoms with Crippen molar-refractivity contribution in [3.63, 3.8) is 0 Å². The van der Waals surface area contributed by atoms with Gasteiger partial charge in [-0.1, -0.05) is 26.2 Å². The van der Waals surface area contributed by atoms with E-state index in [-0.39, 0.29) is 6.04 Å². The number of hydrogen-bond donors (Lipinski definition) is 1. The van der Waals surface area contributed by atoms with Gasteiger partial charge in [0.2, 0.25) is 5.91 Å². The van der Waals surface area contributed by atoms with E-state index in [9.17, 15) is 4.79 Å². The van der Waals surface area contributed by atoms with Crippen molar-refractivity contribution in [2.24, 2.45) is 0 Å². The third-order valence-electron chi connectivity index (χ3n) is 4.31. The fourth-order valence-electron chi connectivity index (χ4n) is 3.13. The highest BCUT2D eigenvalue weighted by Gasteiger charge is 2.36. The SMILES string of the molecule is CCCCC1NCN(C2CCCC(SC)C2)C1=O. The zero-order valence-corrected chi connectivity index (χ0v) is 12.5. The van der Waals surface area contributed by atoms with E-state index in [4.69, 9.17) is 0 Å². The van der Waals surface area contributed by atoms with Crippen LogP contribution in [0, 0.1) is 0 Å². The van der Waals surface area contributed by atoms with E-state index in [1.165, 1.54) is 32.1 Å². The molecule has 104 valence electrons. The molecule has 4 heteroatoms. The summed E-state index contributed by atoms with van der Waals surface area (Å²) in [5, 5.41) is 4.15. The number of amides is 1. The maximum absolute atomic E-state index is 12.4. The van der Waals surface area contributed by atoms with Crippen molar-refractivity contribution >= 4 is 17.7 Å². The lowest BCUT2D eigenvalue weighted by molar-refractivity contribution is -0.131. The average molecular weight is 270 g/mol. The molecule has 3 nitrogen and oxygen atoms in total. The van der Waals surface area contributed by atoms with E-state index in [1.54, 1.807) is 0 Å². The number of thioether (sulfide) groups is 1. The number of nitrogens with zero attached hydrogens (tertiary/aromatic N) is 1. The number of unbranched alkanes of at least 4 members (excludes halogenated alkanes) is 1. The van der Waals surface area contributed by atoms with Crippen molar-refractivity contribution in [2.45, 2.75) is 69.2 Å². The molecule has 3 unspecified atom stereocenters. The van der Waals surface area contributed by atoms with Gasteiger partial charge in [-0.25, -0.2) is 0 Å². The molecule has 1 N–H and O–H groups in total. The van der Waals surface area contributed by atoms with Crippen molar-refractivity contribution < 1.29 is 4.79 Å². The van der Waals surface area contributed by atoms with Crippen molar-refractivity contribution in [3.8, 4) is 0 Å². The summed E-state index contributed by atoms with van der Waals surface area (Å²) in [5.74, 6) is 0.357. The highest BCUT2D eigenvalue weighted by molar-refractivity contribution is 7.99. The molecule has 1 aliphatic heterocycles. The molecule has 0 aromatic rings. The predicted molar refractivity (Wildman–Crippen MR) is 77.7 cm³/mol. The quantitative estimate of drug-likeness (QED) is 0.833. The van der Waals surface area contributed by atoms with Crippen LogP contribution >= 0.6 is 11.8 Å². The molecule has 0 bridgehead atoms. The Balaban J connectivity index is 1.88. The van der Waals surface area contributed by atoms with E-state index in [0.29, 0.717) is 11.9 Å². The molecule has 3 atom stereocenters. The Morgan fingerprint density at radius 2 is 2.28 bits per heavy atom. The van der Waals surface area contributed by atoms with Crippen LogP contribution in [0.5, 0.6) is 0 Å². The van der Waals surface area contributed by atoms with Crippen LogP contribution in [0.25, 0.3) is 0 Å². The summed E-state index contributed by atoms with van der Waals surface area (Å²) in [6.45, 7) is 2.96. The van der Waals surface area contributed by atoms with Crippen LogP contribution in [-0.2, 0) is 4.79 Å². The topological polar surface area (TPSA) is 32.3 Å². The second-order valence-corrected chi connectivity index (χ2v) is 6.68. The summed E-state index contributed by atoms with van der Waals surface area (Å²) in [6.07, 6.45) is 10.5. The van der Waals surface area contributed by atoms with E-state index < -0.39 is 0 Å². The Bertz CT molecular complexity index is 285. The molecule has 1 amide bonds. The average Bonchev–Trinajstić information content (AvgIpc) is 2.78. The Kier molecular flexibility index (Phi) is 5.37. The van der Waals surface area contributed by atoms with E-state index in [0.717, 1.165) is 24.8 Å². The third-order valence-corrected chi connectivity index (χ3v) is 5.40. The van der Waals surface area contributed by atoms with E-state index >= 15 is 0 Å². The van der Waals surface area contributed by atoms with Gasteiger partial charge in [0.25, 0.3) is 0 Å². The van der Waals surface area contributed by atoms with Crippen molar-refractivity contribution in [1.82, 2.24) is 10.2 Å². The Labute approximate surface area is 115 Å². The summed E-state index contributed by atoms with van der Waals surface area (Å²) >= 11 is 1.97. The predicted octanol–water partition coefficient (Wildman–Crippen LogP) is 2.61. The summed E-state index contributed by atoms with van der Waals surface area (Å²) in [7, 11) is 0. The number of rotatable bonds is 5. The van der Waals surface area contributed by atoms with Gasteiger partial charge in [-0.2, -0.15) is 11.8 Å². The van der Waals surface area contributed by atoms with Gasteiger partial charge >= 0.3 is 0 Å². The molecule has 0 aromatic carbocycles. The molecular formula is C14H26N2OS. The van der Waals surface area contributed by atoms with Gasteiger partial charge in [-0.3, -0.25) is 10.1 Å². The first-order valence-electron chi connectivity index (χ1n) is 7.33. The van der Waals surface area contributed by atoms with Crippen molar-refractivity contribution in [3.05, 3.63) is 0 Å². The Morgan fingerprint density at radius 3 is 3.00 bits per heavy atom. The largest absolute Gasteiger partial charge is 0.326 e. The first kappa shape index (κ1) is 14.2. The third kappa shape index (κ3) is 3.21. The lowest BCUT2D eigenvalue weighted by atomic mass is 9.93. The van der Waals surface area contributed by atoms with Crippen molar-refractivity contribution in [1.29, 1.82) is 0 Å². The second kappa shape index (κ2) is 6.80. The molecule has 0 radical (unpaired) electrons. The van der Waals surface area contributed by atoms with Gasteiger partial charge in [0.1, 0.15) is 0 Å². The summed E-state index contributed by atoms with van der Waals surface area (Å²) < 4.78 is 0. The number of carbonyl (C=O) groups excluding carboxylic acids is 1. The zero-order valence-electron chi connectivity index (χ0n) is 11.7. The number of carbonyl (C=O) groups is 1. The van der Waals surface area contributed by atoms with Gasteiger partial charge in [0.05, 0.1) is 12.7 Å². The summed E-state index contributed by atoms with van der Waals surface area (Å²) in [6, 6.07) is 0.586. The highest BCUT2D eigenvalue weighted by Crippen LogP contribution is 2.31. The number of hydrogen-bond acceptors (Lipinski definition) is 3. The molecular weight excluding hydrogens is 244 g/mol. The maximum Gasteiger partial charge on any atom is 0.241 e. The molecule has 2 aliphatic rings. The molecule has 18 heavy (non-hydrogen) atoms. The van der Waals surface area contributed by atoms with Gasteiger partial charge < -0.3 is 4.90 Å². The van der Waals surface area contributed by atoms with Gasteiger partial charge in [0, 0.05) is 11.3 Å². The first-order chi connectivity index (χ1) is 8.76. The molecule has 1 heterocycles. The van der Waals surface area contributed by atoms with Crippen molar-refractivity contribution in [2.75, 3.05) is 12.9 Å². The second-order valence-electron chi connectivity index (χ2n) is 5.54. The molecule has 0 aromatic heterocycles. The minimum Gasteiger partial charge on any atom is -0.326 e.